The third-order valence-electron chi connectivity index (χ3n) is 12.6. The van der Waals surface area contributed by atoms with Crippen LogP contribution in [0.25, 0.3) is 27.5 Å². The fraction of sp³-hybridized carbons (Fsp3) is 0.111. The molecular weight excluding hydrogens is 691 g/mol. The van der Waals surface area contributed by atoms with E-state index in [9.17, 15) is 0 Å². The molecule has 0 amide bonds. The molecule has 3 heteroatoms. The fourth-order valence-electron chi connectivity index (χ4n) is 10.3. The second-order valence-electron chi connectivity index (χ2n) is 15.7. The second kappa shape index (κ2) is 13.4. The summed E-state index contributed by atoms with van der Waals surface area (Å²) in [7, 11) is 0. The summed E-state index contributed by atoms with van der Waals surface area (Å²) < 4.78 is 2.45. The lowest BCUT2D eigenvalue weighted by Crippen LogP contribution is -2.27. The van der Waals surface area contributed by atoms with Gasteiger partial charge in [-0.2, -0.15) is 0 Å². The largest absolute Gasteiger partial charge is 0.310 e. The zero-order valence-electron chi connectivity index (χ0n) is 32.1. The van der Waals surface area contributed by atoms with Gasteiger partial charge in [0.15, 0.2) is 0 Å². The van der Waals surface area contributed by atoms with Crippen molar-refractivity contribution >= 4 is 55.9 Å². The first-order valence-electron chi connectivity index (χ1n) is 20.3. The molecule has 0 bridgehead atoms. The van der Waals surface area contributed by atoms with E-state index in [0.29, 0.717) is 0 Å². The fourth-order valence-corrected chi connectivity index (χ4v) is 10.3. The molecule has 0 aliphatic heterocycles. The van der Waals surface area contributed by atoms with Gasteiger partial charge < -0.3 is 14.4 Å². The molecule has 0 radical (unpaired) electrons. The van der Waals surface area contributed by atoms with Gasteiger partial charge in [0.05, 0.1) is 22.4 Å². The van der Waals surface area contributed by atoms with Gasteiger partial charge in [-0.1, -0.05) is 115 Å². The zero-order valence-corrected chi connectivity index (χ0v) is 32.1. The first kappa shape index (κ1) is 33.5. The van der Waals surface area contributed by atoms with Gasteiger partial charge >= 0.3 is 0 Å². The van der Waals surface area contributed by atoms with Crippen molar-refractivity contribution < 1.29 is 0 Å². The predicted octanol–water partition coefficient (Wildman–Crippen LogP) is 14.2. The molecule has 9 aromatic rings. The number of aryl methyl sites for hydroxylation is 3. The lowest BCUT2D eigenvalue weighted by molar-refractivity contribution is 0.508. The summed E-state index contributed by atoms with van der Waals surface area (Å²) >= 11 is 0. The third-order valence-corrected chi connectivity index (χ3v) is 12.6. The molecule has 0 saturated heterocycles. The number of hydrogen-bond acceptors (Lipinski definition) is 2. The van der Waals surface area contributed by atoms with Crippen molar-refractivity contribution in [1.82, 2.24) is 4.57 Å². The SMILES string of the molecule is Cc1cccc2c1c1ccc(N(c3ccccc3)c3cccc4c3[C@]3(CCc5cccc(N(c6ccccc6)c6ccccc6)c53)CC4)cc1n2-c1ccccc1. The van der Waals surface area contributed by atoms with Crippen LogP contribution in [0.2, 0.25) is 0 Å². The van der Waals surface area contributed by atoms with Crippen molar-refractivity contribution in [2.75, 3.05) is 9.80 Å². The van der Waals surface area contributed by atoms with Crippen LogP contribution >= 0.6 is 0 Å². The first-order chi connectivity index (χ1) is 28.2. The van der Waals surface area contributed by atoms with Gasteiger partial charge in [0.1, 0.15) is 0 Å². The quantitative estimate of drug-likeness (QED) is 0.162. The molecule has 1 spiro atoms. The Bertz CT molecular complexity index is 2870. The van der Waals surface area contributed by atoms with E-state index in [0.717, 1.165) is 37.1 Å². The minimum Gasteiger partial charge on any atom is -0.310 e. The molecule has 11 rings (SSSR count). The summed E-state index contributed by atoms with van der Waals surface area (Å²) in [5.41, 5.74) is 17.8. The summed E-state index contributed by atoms with van der Waals surface area (Å²) in [6, 6.07) is 71.5. The number of anilines is 6. The molecule has 1 atom stereocenters. The van der Waals surface area contributed by atoms with Gasteiger partial charge in [0.2, 0.25) is 0 Å². The monoisotopic (exact) mass is 733 g/mol. The lowest BCUT2D eigenvalue weighted by atomic mass is 9.74. The molecule has 274 valence electrons. The maximum Gasteiger partial charge on any atom is 0.0562 e. The first-order valence-corrected chi connectivity index (χ1v) is 20.3. The highest BCUT2D eigenvalue weighted by molar-refractivity contribution is 6.12. The van der Waals surface area contributed by atoms with E-state index in [1.165, 1.54) is 78.1 Å². The topological polar surface area (TPSA) is 11.4 Å². The Labute approximate surface area is 334 Å². The molecule has 0 N–H and O–H groups in total. The molecule has 3 nitrogen and oxygen atoms in total. The van der Waals surface area contributed by atoms with E-state index in [4.69, 9.17) is 0 Å². The Hall–Kier alpha value is -6.84. The van der Waals surface area contributed by atoms with Crippen molar-refractivity contribution in [2.24, 2.45) is 0 Å². The Morgan fingerprint density at radius 2 is 0.930 bits per heavy atom. The Morgan fingerprint density at radius 1 is 0.439 bits per heavy atom. The highest BCUT2D eigenvalue weighted by atomic mass is 15.2. The molecule has 2 aliphatic rings. The van der Waals surface area contributed by atoms with E-state index < -0.39 is 0 Å². The molecule has 0 saturated carbocycles. The number of para-hydroxylation sites is 4. The van der Waals surface area contributed by atoms with Crippen LogP contribution in [-0.2, 0) is 18.3 Å². The van der Waals surface area contributed by atoms with E-state index in [1.54, 1.807) is 0 Å². The minimum absolute atomic E-state index is 0.146. The number of benzene rings is 8. The van der Waals surface area contributed by atoms with Gasteiger partial charge in [-0.05, 0) is 139 Å². The van der Waals surface area contributed by atoms with Crippen molar-refractivity contribution in [3.8, 4) is 5.69 Å². The van der Waals surface area contributed by atoms with Gasteiger partial charge in [0.25, 0.3) is 0 Å². The van der Waals surface area contributed by atoms with Crippen LogP contribution in [0.15, 0.2) is 194 Å². The molecule has 1 heterocycles. The number of hydrogen-bond donors (Lipinski definition) is 0. The predicted molar refractivity (Wildman–Crippen MR) is 239 cm³/mol. The summed E-state index contributed by atoms with van der Waals surface area (Å²) in [5.74, 6) is 0. The summed E-state index contributed by atoms with van der Waals surface area (Å²) in [5, 5.41) is 2.58. The summed E-state index contributed by atoms with van der Waals surface area (Å²) in [6.07, 6.45) is 4.28. The molecule has 1 aromatic heterocycles. The van der Waals surface area contributed by atoms with Crippen LogP contribution in [-0.4, -0.2) is 4.57 Å². The van der Waals surface area contributed by atoms with Crippen molar-refractivity contribution in [2.45, 2.75) is 38.0 Å². The highest BCUT2D eigenvalue weighted by Crippen LogP contribution is 2.60. The van der Waals surface area contributed by atoms with Crippen molar-refractivity contribution in [3.05, 3.63) is 222 Å². The molecule has 8 aromatic carbocycles. The van der Waals surface area contributed by atoms with Gasteiger partial charge in [-0.25, -0.2) is 0 Å². The smallest absolute Gasteiger partial charge is 0.0562 e. The standard InChI is InChI=1S/C54H43N3/c1-38-17-14-28-47-51(38)46-32-31-45(37-50(46)57(47)44-26-12-5-13-27-44)56(43-24-10-4-11-25-43)49-30-16-19-40-34-36-54(53(40)49)35-33-39-18-15-29-48(52(39)54)55(41-20-6-2-7-21-41)42-22-8-3-9-23-42/h2-32,37H,33-36H2,1H3/t54-/m1/s1. The minimum atomic E-state index is -0.146. The average Bonchev–Trinajstić information content (AvgIpc) is 3.95. The van der Waals surface area contributed by atoms with Crippen LogP contribution in [0.1, 0.15) is 40.7 Å². The molecule has 0 fully saturated rings. The second-order valence-corrected chi connectivity index (χ2v) is 15.7. The van der Waals surface area contributed by atoms with Gasteiger partial charge in [-0.3, -0.25) is 0 Å². The van der Waals surface area contributed by atoms with E-state index in [-0.39, 0.29) is 5.41 Å². The maximum atomic E-state index is 2.54. The van der Waals surface area contributed by atoms with Crippen LogP contribution in [0.5, 0.6) is 0 Å². The number of nitrogens with zero attached hydrogens (tertiary/aromatic N) is 3. The van der Waals surface area contributed by atoms with Crippen molar-refractivity contribution in [3.63, 3.8) is 0 Å². The number of fused-ring (bicyclic) bond motifs is 7. The molecule has 2 aliphatic carbocycles. The van der Waals surface area contributed by atoms with Gasteiger partial charge in [-0.15, -0.1) is 0 Å². The molecular formula is C54H43N3. The van der Waals surface area contributed by atoms with E-state index >= 15 is 0 Å². The maximum absolute atomic E-state index is 2.54. The molecule has 0 unspecified atom stereocenters. The van der Waals surface area contributed by atoms with E-state index in [1.807, 2.05) is 0 Å². The summed E-state index contributed by atoms with van der Waals surface area (Å²) in [6.45, 7) is 2.23. The van der Waals surface area contributed by atoms with E-state index in [2.05, 4.69) is 215 Å². The summed E-state index contributed by atoms with van der Waals surface area (Å²) in [4.78, 5) is 5.03. The van der Waals surface area contributed by atoms with Crippen LogP contribution in [0.3, 0.4) is 0 Å². The Morgan fingerprint density at radius 3 is 1.47 bits per heavy atom. The normalized spacial score (nSPS) is 15.6. The van der Waals surface area contributed by atoms with Gasteiger partial charge in [0, 0.05) is 44.6 Å². The number of rotatable bonds is 7. The average molecular weight is 734 g/mol. The lowest BCUT2D eigenvalue weighted by Gasteiger charge is -2.37. The van der Waals surface area contributed by atoms with Crippen LogP contribution in [0, 0.1) is 6.92 Å². The third kappa shape index (κ3) is 5.26. The van der Waals surface area contributed by atoms with Crippen molar-refractivity contribution in [1.29, 1.82) is 0 Å². The number of aromatic nitrogens is 1. The Balaban J connectivity index is 1.15. The molecule has 57 heavy (non-hydrogen) atoms. The highest BCUT2D eigenvalue weighted by Gasteiger charge is 2.49. The Kier molecular flexibility index (Phi) is 7.89. The zero-order chi connectivity index (χ0) is 37.9. The van der Waals surface area contributed by atoms with Crippen LogP contribution < -0.4 is 9.80 Å². The van der Waals surface area contributed by atoms with Crippen LogP contribution in [0.4, 0.5) is 34.1 Å².